The summed E-state index contributed by atoms with van der Waals surface area (Å²) in [7, 11) is 0. The minimum atomic E-state index is -1.10. The Labute approximate surface area is 125 Å². The molecule has 0 fully saturated rings. The van der Waals surface area contributed by atoms with Crippen LogP contribution in [0.2, 0.25) is 0 Å². The fourth-order valence-corrected chi connectivity index (χ4v) is 1.54. The molecule has 0 aliphatic rings. The third kappa shape index (κ3) is 8.88. The highest BCUT2D eigenvalue weighted by atomic mass is 16.6. The maximum atomic E-state index is 11.9. The number of amides is 2. The number of carboxylic acid groups (broad SMARTS) is 1. The number of nitrogens with one attached hydrogen (secondary N) is 2. The first-order valence-electron chi connectivity index (χ1n) is 6.95. The number of rotatable bonds is 6. The molecule has 0 saturated carbocycles. The third-order valence-corrected chi connectivity index (χ3v) is 2.45. The van der Waals surface area contributed by atoms with Gasteiger partial charge < -0.3 is 20.5 Å². The van der Waals surface area contributed by atoms with Crippen molar-refractivity contribution in [2.24, 2.45) is 5.92 Å². The van der Waals surface area contributed by atoms with E-state index in [1.54, 1.807) is 20.8 Å². The summed E-state index contributed by atoms with van der Waals surface area (Å²) < 4.78 is 5.03. The molecule has 7 nitrogen and oxygen atoms in total. The zero-order valence-electron chi connectivity index (χ0n) is 13.5. The van der Waals surface area contributed by atoms with Crippen LogP contribution in [0.5, 0.6) is 0 Å². The maximum absolute atomic E-state index is 11.9. The number of carbonyl (C=O) groups is 3. The Kier molecular flexibility index (Phi) is 7.18. The normalized spacial score (nSPS) is 14.2. The molecule has 2 atom stereocenters. The van der Waals surface area contributed by atoms with Crippen LogP contribution in [-0.2, 0) is 14.3 Å². The summed E-state index contributed by atoms with van der Waals surface area (Å²) in [5.74, 6) is -1.53. The van der Waals surface area contributed by atoms with E-state index in [9.17, 15) is 14.4 Å². The fraction of sp³-hybridized carbons (Fsp3) is 0.786. The summed E-state index contributed by atoms with van der Waals surface area (Å²) in [5, 5.41) is 13.8. The molecule has 0 aliphatic heterocycles. The molecule has 122 valence electrons. The van der Waals surface area contributed by atoms with Crippen molar-refractivity contribution in [1.29, 1.82) is 0 Å². The molecule has 0 aromatic heterocycles. The Bertz CT molecular complexity index is 387. The second-order valence-corrected chi connectivity index (χ2v) is 6.40. The van der Waals surface area contributed by atoms with Gasteiger partial charge in [-0.05, 0) is 40.0 Å². The van der Waals surface area contributed by atoms with E-state index < -0.39 is 35.7 Å². The number of ether oxygens (including phenoxy) is 1. The lowest BCUT2D eigenvalue weighted by Crippen LogP contribution is -2.51. The molecule has 0 unspecified atom stereocenters. The van der Waals surface area contributed by atoms with E-state index in [1.807, 2.05) is 13.8 Å². The molecule has 7 heteroatoms. The van der Waals surface area contributed by atoms with Crippen LogP contribution >= 0.6 is 0 Å². The van der Waals surface area contributed by atoms with E-state index in [0.717, 1.165) is 0 Å². The number of carbonyl (C=O) groups excluding carboxylic acids is 2. The molecule has 0 heterocycles. The summed E-state index contributed by atoms with van der Waals surface area (Å²) in [6, 6.07) is -1.85. The standard InChI is InChI=1S/C14H26N2O5/c1-8(2)7-10(12(18)19)16-11(17)9(3)15-13(20)21-14(4,5)6/h8-10H,7H2,1-6H3,(H,15,20)(H,16,17)(H,18,19)/t9-,10-/m0/s1. The topological polar surface area (TPSA) is 105 Å². The molecule has 3 N–H and O–H groups in total. The Balaban J connectivity index is 4.49. The average molecular weight is 302 g/mol. The van der Waals surface area contributed by atoms with E-state index in [0.29, 0.717) is 6.42 Å². The van der Waals surface area contributed by atoms with Gasteiger partial charge in [0.15, 0.2) is 0 Å². The highest BCUT2D eigenvalue weighted by Crippen LogP contribution is 2.07. The number of hydrogen-bond acceptors (Lipinski definition) is 4. The Hall–Kier alpha value is -1.79. The number of alkyl carbamates (subject to hydrolysis) is 1. The largest absolute Gasteiger partial charge is 0.480 e. The van der Waals surface area contributed by atoms with Crippen molar-refractivity contribution >= 4 is 18.0 Å². The molecule has 2 amide bonds. The smallest absolute Gasteiger partial charge is 0.408 e. The van der Waals surface area contributed by atoms with E-state index in [2.05, 4.69) is 10.6 Å². The first-order chi connectivity index (χ1) is 9.42. The zero-order valence-corrected chi connectivity index (χ0v) is 13.5. The molecule has 21 heavy (non-hydrogen) atoms. The van der Waals surface area contributed by atoms with Crippen LogP contribution in [0, 0.1) is 5.92 Å². The number of carboxylic acids is 1. The average Bonchev–Trinajstić information content (AvgIpc) is 2.24. The molecule has 0 aromatic rings. The van der Waals surface area contributed by atoms with Gasteiger partial charge in [-0.1, -0.05) is 13.8 Å². The van der Waals surface area contributed by atoms with E-state index in [-0.39, 0.29) is 5.92 Å². The number of hydrogen-bond donors (Lipinski definition) is 3. The first kappa shape index (κ1) is 19.2. The molecule has 0 saturated heterocycles. The van der Waals surface area contributed by atoms with Crippen LogP contribution in [0.1, 0.15) is 48.0 Å². The lowest BCUT2D eigenvalue weighted by atomic mass is 10.0. The van der Waals surface area contributed by atoms with Crippen molar-refractivity contribution in [3.8, 4) is 0 Å². The lowest BCUT2D eigenvalue weighted by Gasteiger charge is -2.23. The molecule has 0 aliphatic carbocycles. The highest BCUT2D eigenvalue weighted by molar-refractivity contribution is 5.88. The SMILES string of the molecule is CC(C)C[C@H](NC(=O)[C@H](C)NC(=O)OC(C)(C)C)C(=O)O. The predicted octanol–water partition coefficient (Wildman–Crippen LogP) is 1.52. The van der Waals surface area contributed by atoms with Crippen LogP contribution in [0.4, 0.5) is 4.79 Å². The second kappa shape index (κ2) is 7.85. The van der Waals surface area contributed by atoms with Crippen LogP contribution in [-0.4, -0.2) is 40.8 Å². The van der Waals surface area contributed by atoms with Gasteiger partial charge in [0.05, 0.1) is 0 Å². The van der Waals surface area contributed by atoms with Crippen LogP contribution in [0.3, 0.4) is 0 Å². The quantitative estimate of drug-likeness (QED) is 0.690. The first-order valence-corrected chi connectivity index (χ1v) is 6.95. The molecular weight excluding hydrogens is 276 g/mol. The molecule has 0 rings (SSSR count). The molecule has 0 spiro atoms. The molecule has 0 aromatic carbocycles. The monoisotopic (exact) mass is 302 g/mol. The van der Waals surface area contributed by atoms with Gasteiger partial charge in [-0.3, -0.25) is 4.79 Å². The minimum absolute atomic E-state index is 0.125. The van der Waals surface area contributed by atoms with Crippen molar-refractivity contribution in [2.45, 2.75) is 65.6 Å². The zero-order chi connectivity index (χ0) is 16.8. The van der Waals surface area contributed by atoms with Crippen molar-refractivity contribution in [3.05, 3.63) is 0 Å². The van der Waals surface area contributed by atoms with E-state index in [1.165, 1.54) is 6.92 Å². The van der Waals surface area contributed by atoms with Crippen LogP contribution < -0.4 is 10.6 Å². The summed E-state index contributed by atoms with van der Waals surface area (Å²) in [6.45, 7) is 10.3. The van der Waals surface area contributed by atoms with Crippen molar-refractivity contribution in [2.75, 3.05) is 0 Å². The van der Waals surface area contributed by atoms with Gasteiger partial charge in [0.25, 0.3) is 0 Å². The maximum Gasteiger partial charge on any atom is 0.408 e. The Morgan fingerprint density at radius 3 is 2.00 bits per heavy atom. The summed E-state index contributed by atoms with van der Waals surface area (Å²) in [4.78, 5) is 34.5. The van der Waals surface area contributed by atoms with Gasteiger partial charge >= 0.3 is 12.1 Å². The van der Waals surface area contributed by atoms with Crippen molar-refractivity contribution in [1.82, 2.24) is 10.6 Å². The van der Waals surface area contributed by atoms with Crippen molar-refractivity contribution < 1.29 is 24.2 Å². The fourth-order valence-electron chi connectivity index (χ4n) is 1.54. The van der Waals surface area contributed by atoms with Crippen LogP contribution in [0.15, 0.2) is 0 Å². The van der Waals surface area contributed by atoms with E-state index in [4.69, 9.17) is 9.84 Å². The van der Waals surface area contributed by atoms with Crippen molar-refractivity contribution in [3.63, 3.8) is 0 Å². The van der Waals surface area contributed by atoms with Gasteiger partial charge in [0.1, 0.15) is 17.7 Å². The number of aliphatic carboxylic acids is 1. The van der Waals surface area contributed by atoms with Gasteiger partial charge in [-0.2, -0.15) is 0 Å². The summed E-state index contributed by atoms with van der Waals surface area (Å²) in [5.41, 5.74) is -0.665. The molecule has 0 radical (unpaired) electrons. The van der Waals surface area contributed by atoms with E-state index >= 15 is 0 Å². The molecular formula is C14H26N2O5. The lowest BCUT2D eigenvalue weighted by molar-refractivity contribution is -0.142. The van der Waals surface area contributed by atoms with Gasteiger partial charge in [0, 0.05) is 0 Å². The Morgan fingerprint density at radius 1 is 1.10 bits per heavy atom. The van der Waals surface area contributed by atoms with Gasteiger partial charge in [-0.25, -0.2) is 9.59 Å². The third-order valence-electron chi connectivity index (χ3n) is 2.45. The molecule has 0 bridgehead atoms. The minimum Gasteiger partial charge on any atom is -0.480 e. The summed E-state index contributed by atoms with van der Waals surface area (Å²) >= 11 is 0. The highest BCUT2D eigenvalue weighted by Gasteiger charge is 2.25. The van der Waals surface area contributed by atoms with Gasteiger partial charge in [0.2, 0.25) is 5.91 Å². The second-order valence-electron chi connectivity index (χ2n) is 6.40. The van der Waals surface area contributed by atoms with Crippen LogP contribution in [0.25, 0.3) is 0 Å². The summed E-state index contributed by atoms with van der Waals surface area (Å²) in [6.07, 6.45) is -0.402. The predicted molar refractivity (Wildman–Crippen MR) is 77.9 cm³/mol. The van der Waals surface area contributed by atoms with Gasteiger partial charge in [-0.15, -0.1) is 0 Å². The Morgan fingerprint density at radius 2 is 1.62 bits per heavy atom.